The van der Waals surface area contributed by atoms with Crippen LogP contribution in [0, 0.1) is 0 Å². The van der Waals surface area contributed by atoms with E-state index in [4.69, 9.17) is 0 Å². The Kier molecular flexibility index (Phi) is 1.27. The van der Waals surface area contributed by atoms with Crippen LogP contribution in [0.4, 0.5) is 0 Å². The van der Waals surface area contributed by atoms with E-state index in [0.29, 0.717) is 0 Å². The van der Waals surface area contributed by atoms with Crippen molar-refractivity contribution < 1.29 is 4.79 Å². The Morgan fingerprint density at radius 2 is 2.80 bits per heavy atom. The molecule has 0 saturated heterocycles. The summed E-state index contributed by atoms with van der Waals surface area (Å²) in [7, 11) is 0. The van der Waals surface area contributed by atoms with Crippen molar-refractivity contribution in [2.75, 3.05) is 0 Å². The third-order valence-electron chi connectivity index (χ3n) is 1.46. The minimum absolute atomic E-state index is 0.0868. The number of thioether (sulfide) groups is 1. The second kappa shape index (κ2) is 2.12. The van der Waals surface area contributed by atoms with Crippen LogP contribution in [-0.2, 0) is 11.3 Å². The second-order valence-electron chi connectivity index (χ2n) is 2.15. The van der Waals surface area contributed by atoms with Gasteiger partial charge in [-0.15, -0.1) is 0 Å². The molecule has 0 bridgehead atoms. The highest BCUT2D eigenvalue weighted by Crippen LogP contribution is 2.28. The summed E-state index contributed by atoms with van der Waals surface area (Å²) in [5, 5.41) is 1.04. The predicted octanol–water partition coefficient (Wildman–Crippen LogP) is 0.556. The Balaban J connectivity index is 2.28. The molecule has 0 saturated carbocycles. The summed E-state index contributed by atoms with van der Waals surface area (Å²) in [6, 6.07) is 0. The molecule has 0 spiro atoms. The highest BCUT2D eigenvalue weighted by molar-refractivity contribution is 8.00. The van der Waals surface area contributed by atoms with Gasteiger partial charge in [0.25, 0.3) is 0 Å². The maximum atomic E-state index is 10.3. The van der Waals surface area contributed by atoms with Crippen LogP contribution in [0.5, 0.6) is 0 Å². The number of hydrogen-bond donors (Lipinski definition) is 0. The predicted molar refractivity (Wildman–Crippen MR) is 37.9 cm³/mol. The van der Waals surface area contributed by atoms with Gasteiger partial charge in [0, 0.05) is 18.9 Å². The molecule has 2 heterocycles. The molecule has 1 aromatic heterocycles. The number of nitrogens with zero attached hydrogens (tertiary/aromatic N) is 2. The molecule has 10 heavy (non-hydrogen) atoms. The molecule has 0 radical (unpaired) electrons. The summed E-state index contributed by atoms with van der Waals surface area (Å²) in [6.45, 7) is 0.781. The number of aromatic nitrogens is 2. The average molecular weight is 154 g/mol. The number of hydrogen-bond acceptors (Lipinski definition) is 3. The zero-order valence-electron chi connectivity index (χ0n) is 5.23. The maximum absolute atomic E-state index is 10.3. The fourth-order valence-electron chi connectivity index (χ4n) is 0.990. The molecule has 0 amide bonds. The fourth-order valence-corrected chi connectivity index (χ4v) is 1.94. The van der Waals surface area contributed by atoms with Crippen molar-refractivity contribution in [3.8, 4) is 0 Å². The minimum atomic E-state index is 0.0868. The van der Waals surface area contributed by atoms with Gasteiger partial charge in [0.2, 0.25) is 0 Å². The average Bonchev–Trinajstić information content (AvgIpc) is 2.42. The van der Waals surface area contributed by atoms with Crippen molar-refractivity contribution >= 4 is 18.0 Å². The van der Waals surface area contributed by atoms with Gasteiger partial charge in [-0.25, -0.2) is 4.98 Å². The standard InChI is InChI=1S/C6H6N2OS/c9-4-5-3-8-2-1-7-6(8)10-5/h1-2,4-5H,3H2. The fraction of sp³-hybridized carbons (Fsp3) is 0.333. The smallest absolute Gasteiger partial charge is 0.168 e. The lowest BCUT2D eigenvalue weighted by molar-refractivity contribution is -0.107. The van der Waals surface area contributed by atoms with Crippen LogP contribution in [0.3, 0.4) is 0 Å². The number of fused-ring (bicyclic) bond motifs is 1. The van der Waals surface area contributed by atoms with Gasteiger partial charge in [0.15, 0.2) is 5.16 Å². The number of carbonyl (C=O) groups excluding carboxylic acids is 1. The summed E-state index contributed by atoms with van der Waals surface area (Å²) in [5.74, 6) is 0. The third kappa shape index (κ3) is 0.759. The van der Waals surface area contributed by atoms with Gasteiger partial charge >= 0.3 is 0 Å². The van der Waals surface area contributed by atoms with Gasteiger partial charge in [-0.3, -0.25) is 0 Å². The zero-order valence-corrected chi connectivity index (χ0v) is 6.04. The van der Waals surface area contributed by atoms with Gasteiger partial charge < -0.3 is 9.36 Å². The van der Waals surface area contributed by atoms with E-state index in [1.54, 1.807) is 6.20 Å². The van der Waals surface area contributed by atoms with Crippen LogP contribution in [-0.4, -0.2) is 21.1 Å². The first-order valence-electron chi connectivity index (χ1n) is 3.03. The summed E-state index contributed by atoms with van der Waals surface area (Å²) in [6.07, 6.45) is 4.62. The molecule has 1 atom stereocenters. The lowest BCUT2D eigenvalue weighted by Gasteiger charge is -1.92. The van der Waals surface area contributed by atoms with Gasteiger partial charge in [-0.05, 0) is 0 Å². The first-order chi connectivity index (χ1) is 4.90. The van der Waals surface area contributed by atoms with Crippen LogP contribution in [0.25, 0.3) is 0 Å². The summed E-state index contributed by atoms with van der Waals surface area (Å²) in [4.78, 5) is 14.4. The highest BCUT2D eigenvalue weighted by atomic mass is 32.2. The molecule has 4 heteroatoms. The Morgan fingerprint density at radius 3 is 3.50 bits per heavy atom. The zero-order chi connectivity index (χ0) is 6.97. The van der Waals surface area contributed by atoms with Crippen LogP contribution in [0.1, 0.15) is 0 Å². The van der Waals surface area contributed by atoms with Crippen molar-refractivity contribution in [2.45, 2.75) is 17.0 Å². The van der Waals surface area contributed by atoms with Gasteiger partial charge in [-0.1, -0.05) is 11.8 Å². The van der Waals surface area contributed by atoms with Crippen molar-refractivity contribution in [3.05, 3.63) is 12.4 Å². The first-order valence-corrected chi connectivity index (χ1v) is 3.91. The first kappa shape index (κ1) is 5.97. The molecule has 0 aromatic carbocycles. The SMILES string of the molecule is O=CC1Cn2ccnc2S1. The third-order valence-corrected chi connectivity index (χ3v) is 2.58. The normalized spacial score (nSPS) is 22.6. The summed E-state index contributed by atoms with van der Waals surface area (Å²) in [5.41, 5.74) is 0. The minimum Gasteiger partial charge on any atom is -0.324 e. The van der Waals surface area contributed by atoms with E-state index in [1.165, 1.54) is 11.8 Å². The van der Waals surface area contributed by atoms with Crippen LogP contribution in [0.2, 0.25) is 0 Å². The Hall–Kier alpha value is -0.770. The summed E-state index contributed by atoms with van der Waals surface area (Å²) >= 11 is 1.53. The van der Waals surface area contributed by atoms with E-state index in [0.717, 1.165) is 18.0 Å². The van der Waals surface area contributed by atoms with Crippen molar-refractivity contribution in [2.24, 2.45) is 0 Å². The van der Waals surface area contributed by atoms with E-state index in [9.17, 15) is 4.79 Å². The van der Waals surface area contributed by atoms with E-state index >= 15 is 0 Å². The van der Waals surface area contributed by atoms with Crippen LogP contribution >= 0.6 is 11.8 Å². The Morgan fingerprint density at radius 1 is 1.90 bits per heavy atom. The van der Waals surface area contributed by atoms with Gasteiger partial charge in [-0.2, -0.15) is 0 Å². The molecule has 3 nitrogen and oxygen atoms in total. The molecular formula is C6H6N2OS. The monoisotopic (exact) mass is 154 g/mol. The van der Waals surface area contributed by atoms with Crippen LogP contribution < -0.4 is 0 Å². The van der Waals surface area contributed by atoms with Crippen molar-refractivity contribution in [1.82, 2.24) is 9.55 Å². The second-order valence-corrected chi connectivity index (χ2v) is 3.36. The van der Waals surface area contributed by atoms with Crippen molar-refractivity contribution in [3.63, 3.8) is 0 Å². The molecule has 1 aliphatic heterocycles. The number of carbonyl (C=O) groups is 1. The lowest BCUT2D eigenvalue weighted by atomic mass is 10.4. The largest absolute Gasteiger partial charge is 0.324 e. The number of imidazole rings is 1. The topological polar surface area (TPSA) is 34.9 Å². The number of rotatable bonds is 1. The summed E-state index contributed by atoms with van der Waals surface area (Å²) < 4.78 is 1.99. The highest BCUT2D eigenvalue weighted by Gasteiger charge is 2.21. The Bertz CT molecular complexity index is 238. The van der Waals surface area contributed by atoms with E-state index < -0.39 is 0 Å². The molecule has 1 unspecified atom stereocenters. The molecule has 1 aromatic rings. The van der Waals surface area contributed by atoms with Gasteiger partial charge in [0.1, 0.15) is 6.29 Å². The molecular weight excluding hydrogens is 148 g/mol. The van der Waals surface area contributed by atoms with Crippen LogP contribution in [0.15, 0.2) is 17.6 Å². The molecule has 0 aliphatic carbocycles. The van der Waals surface area contributed by atoms with E-state index in [2.05, 4.69) is 4.98 Å². The molecule has 2 rings (SSSR count). The number of aldehydes is 1. The quantitative estimate of drug-likeness (QED) is 0.554. The molecule has 52 valence electrons. The van der Waals surface area contributed by atoms with Crippen molar-refractivity contribution in [1.29, 1.82) is 0 Å². The van der Waals surface area contributed by atoms with E-state index in [-0.39, 0.29) is 5.25 Å². The molecule has 1 aliphatic rings. The Labute approximate surface area is 62.4 Å². The maximum Gasteiger partial charge on any atom is 0.168 e. The molecule has 0 N–H and O–H groups in total. The molecule has 0 fully saturated rings. The van der Waals surface area contributed by atoms with Gasteiger partial charge in [0.05, 0.1) is 5.25 Å². The lowest BCUT2D eigenvalue weighted by Crippen LogP contribution is -2.04. The van der Waals surface area contributed by atoms with E-state index in [1.807, 2.05) is 10.8 Å².